The quantitative estimate of drug-likeness (QED) is 0.227. The molecular weight excluding hydrogens is 493 g/mol. The van der Waals surface area contributed by atoms with Gasteiger partial charge in [0.2, 0.25) is 0 Å². The van der Waals surface area contributed by atoms with Crippen LogP contribution in [0.5, 0.6) is 5.75 Å². The van der Waals surface area contributed by atoms with Crippen LogP contribution in [0.2, 0.25) is 0 Å². The van der Waals surface area contributed by atoms with Crippen molar-refractivity contribution in [2.75, 3.05) is 33.4 Å². The van der Waals surface area contributed by atoms with Gasteiger partial charge in [0.1, 0.15) is 11.9 Å². The lowest BCUT2D eigenvalue weighted by Gasteiger charge is -2.18. The third-order valence-electron chi connectivity index (χ3n) is 4.72. The van der Waals surface area contributed by atoms with Crippen LogP contribution < -0.4 is 15.4 Å². The standard InChI is InChI=1S/C23H31N3O3.HI/c1-18-8-9-20(22(14-18)29-21-10-12-27-17-21)15-26-23(24-2)25-11-13-28-16-19-6-4-3-5-7-19;/h3-9,14,21H,10-13,15-17H2,1-2H3,(H2,24,25,26);1H. The molecule has 164 valence electrons. The molecule has 0 bridgehead atoms. The SMILES string of the molecule is CN=C(NCCOCc1ccccc1)NCc1ccc(C)cc1OC1CCOC1.I. The molecule has 1 aliphatic rings. The molecule has 3 rings (SSSR count). The number of hydrogen-bond acceptors (Lipinski definition) is 4. The molecule has 2 aromatic rings. The van der Waals surface area contributed by atoms with Crippen LogP contribution in [0.3, 0.4) is 0 Å². The Morgan fingerprint density at radius 2 is 2.00 bits per heavy atom. The Morgan fingerprint density at radius 3 is 2.73 bits per heavy atom. The highest BCUT2D eigenvalue weighted by Crippen LogP contribution is 2.23. The zero-order valence-electron chi connectivity index (χ0n) is 17.7. The van der Waals surface area contributed by atoms with E-state index in [9.17, 15) is 0 Å². The Labute approximate surface area is 196 Å². The van der Waals surface area contributed by atoms with Crippen LogP contribution in [0, 0.1) is 6.92 Å². The number of nitrogens with zero attached hydrogens (tertiary/aromatic N) is 1. The van der Waals surface area contributed by atoms with E-state index in [1.807, 2.05) is 18.2 Å². The van der Waals surface area contributed by atoms with E-state index in [1.165, 1.54) is 11.1 Å². The summed E-state index contributed by atoms with van der Waals surface area (Å²) in [5.74, 6) is 1.65. The van der Waals surface area contributed by atoms with E-state index in [0.717, 1.165) is 30.3 Å². The fourth-order valence-electron chi connectivity index (χ4n) is 3.11. The second-order valence-corrected chi connectivity index (χ2v) is 7.11. The molecule has 0 amide bonds. The van der Waals surface area contributed by atoms with Gasteiger partial charge in [0.05, 0.1) is 26.4 Å². The van der Waals surface area contributed by atoms with Gasteiger partial charge in [-0.1, -0.05) is 42.5 Å². The van der Waals surface area contributed by atoms with E-state index in [-0.39, 0.29) is 30.1 Å². The summed E-state index contributed by atoms with van der Waals surface area (Å²) in [5.41, 5.74) is 3.46. The highest BCUT2D eigenvalue weighted by Gasteiger charge is 2.18. The van der Waals surface area contributed by atoms with Gasteiger partial charge in [0, 0.05) is 32.1 Å². The normalized spacial score (nSPS) is 16.1. The number of guanidine groups is 1. The molecule has 0 spiro atoms. The number of aryl methyl sites for hydroxylation is 1. The summed E-state index contributed by atoms with van der Waals surface area (Å²) in [6, 6.07) is 16.5. The first-order valence-corrected chi connectivity index (χ1v) is 10.1. The lowest BCUT2D eigenvalue weighted by Crippen LogP contribution is -2.38. The molecule has 1 aliphatic heterocycles. The molecule has 1 heterocycles. The third-order valence-corrected chi connectivity index (χ3v) is 4.72. The molecule has 0 saturated carbocycles. The maximum Gasteiger partial charge on any atom is 0.191 e. The van der Waals surface area contributed by atoms with Gasteiger partial charge in [-0.25, -0.2) is 0 Å². The fraction of sp³-hybridized carbons (Fsp3) is 0.435. The smallest absolute Gasteiger partial charge is 0.191 e. The van der Waals surface area contributed by atoms with Crippen molar-refractivity contribution in [3.8, 4) is 5.75 Å². The van der Waals surface area contributed by atoms with Crippen molar-refractivity contribution in [3.63, 3.8) is 0 Å². The molecule has 1 fully saturated rings. The summed E-state index contributed by atoms with van der Waals surface area (Å²) in [6.45, 7) is 6.04. The molecule has 1 unspecified atom stereocenters. The van der Waals surface area contributed by atoms with E-state index in [1.54, 1.807) is 7.05 Å². The Hall–Kier alpha value is -1.84. The Kier molecular flexibility index (Phi) is 11.0. The van der Waals surface area contributed by atoms with Crippen molar-refractivity contribution in [1.29, 1.82) is 0 Å². The summed E-state index contributed by atoms with van der Waals surface area (Å²) in [4.78, 5) is 4.29. The molecule has 0 aliphatic carbocycles. The van der Waals surface area contributed by atoms with Crippen molar-refractivity contribution in [2.24, 2.45) is 4.99 Å². The predicted octanol–water partition coefficient (Wildman–Crippen LogP) is 3.66. The van der Waals surface area contributed by atoms with Crippen LogP contribution in [0.1, 0.15) is 23.1 Å². The second-order valence-electron chi connectivity index (χ2n) is 7.11. The van der Waals surface area contributed by atoms with E-state index in [0.29, 0.717) is 32.9 Å². The summed E-state index contributed by atoms with van der Waals surface area (Å²) in [7, 11) is 1.77. The lowest BCUT2D eigenvalue weighted by molar-refractivity contribution is 0.125. The summed E-state index contributed by atoms with van der Waals surface area (Å²) >= 11 is 0. The van der Waals surface area contributed by atoms with Crippen molar-refractivity contribution in [3.05, 3.63) is 65.2 Å². The highest BCUT2D eigenvalue weighted by molar-refractivity contribution is 14.0. The van der Waals surface area contributed by atoms with Crippen LogP contribution in [-0.2, 0) is 22.6 Å². The van der Waals surface area contributed by atoms with Gasteiger partial charge in [-0.3, -0.25) is 4.99 Å². The van der Waals surface area contributed by atoms with Crippen LogP contribution in [-0.4, -0.2) is 45.5 Å². The van der Waals surface area contributed by atoms with Crippen molar-refractivity contribution in [2.45, 2.75) is 32.6 Å². The Morgan fingerprint density at radius 1 is 1.17 bits per heavy atom. The first-order chi connectivity index (χ1) is 14.2. The van der Waals surface area contributed by atoms with Crippen LogP contribution in [0.25, 0.3) is 0 Å². The molecule has 0 aromatic heterocycles. The monoisotopic (exact) mass is 525 g/mol. The zero-order valence-corrected chi connectivity index (χ0v) is 20.1. The van der Waals surface area contributed by atoms with Gasteiger partial charge in [0.25, 0.3) is 0 Å². The van der Waals surface area contributed by atoms with Gasteiger partial charge in [-0.05, 0) is 24.1 Å². The number of hydrogen-bond donors (Lipinski definition) is 2. The van der Waals surface area contributed by atoms with Crippen molar-refractivity contribution in [1.82, 2.24) is 10.6 Å². The molecular formula is C23H32IN3O3. The Bertz CT molecular complexity index is 781. The van der Waals surface area contributed by atoms with Crippen molar-refractivity contribution < 1.29 is 14.2 Å². The van der Waals surface area contributed by atoms with Gasteiger partial charge >= 0.3 is 0 Å². The summed E-state index contributed by atoms with van der Waals surface area (Å²) in [6.07, 6.45) is 1.07. The summed E-state index contributed by atoms with van der Waals surface area (Å²) in [5, 5.41) is 6.63. The maximum absolute atomic E-state index is 6.16. The predicted molar refractivity (Wildman–Crippen MR) is 131 cm³/mol. The average Bonchev–Trinajstić information content (AvgIpc) is 3.25. The summed E-state index contributed by atoms with van der Waals surface area (Å²) < 4.78 is 17.3. The first kappa shape index (κ1) is 24.4. The number of aliphatic imine (C=N–C) groups is 1. The lowest BCUT2D eigenvalue weighted by atomic mass is 10.1. The number of nitrogens with one attached hydrogen (secondary N) is 2. The van der Waals surface area contributed by atoms with Crippen LogP contribution in [0.15, 0.2) is 53.5 Å². The number of ether oxygens (including phenoxy) is 3. The molecule has 30 heavy (non-hydrogen) atoms. The highest BCUT2D eigenvalue weighted by atomic mass is 127. The van der Waals surface area contributed by atoms with E-state index >= 15 is 0 Å². The van der Waals surface area contributed by atoms with Gasteiger partial charge in [0.15, 0.2) is 5.96 Å². The molecule has 0 radical (unpaired) electrons. The third kappa shape index (κ3) is 8.12. The average molecular weight is 525 g/mol. The van der Waals surface area contributed by atoms with E-state index in [4.69, 9.17) is 14.2 Å². The van der Waals surface area contributed by atoms with E-state index in [2.05, 4.69) is 52.9 Å². The topological polar surface area (TPSA) is 64.1 Å². The number of benzene rings is 2. The minimum atomic E-state index is 0. The van der Waals surface area contributed by atoms with Gasteiger partial charge in [-0.15, -0.1) is 24.0 Å². The van der Waals surface area contributed by atoms with Crippen LogP contribution in [0.4, 0.5) is 0 Å². The molecule has 7 heteroatoms. The number of rotatable bonds is 9. The first-order valence-electron chi connectivity index (χ1n) is 10.1. The minimum absolute atomic E-state index is 0. The van der Waals surface area contributed by atoms with Crippen LogP contribution >= 0.6 is 24.0 Å². The Balaban J connectivity index is 0.00000320. The van der Waals surface area contributed by atoms with Gasteiger partial charge in [-0.2, -0.15) is 0 Å². The number of halogens is 1. The fourth-order valence-corrected chi connectivity index (χ4v) is 3.11. The minimum Gasteiger partial charge on any atom is -0.488 e. The molecule has 2 N–H and O–H groups in total. The second kappa shape index (κ2) is 13.5. The maximum atomic E-state index is 6.16. The van der Waals surface area contributed by atoms with E-state index < -0.39 is 0 Å². The zero-order chi connectivity index (χ0) is 20.3. The molecule has 1 saturated heterocycles. The van der Waals surface area contributed by atoms with Crippen molar-refractivity contribution >= 4 is 29.9 Å². The molecule has 6 nitrogen and oxygen atoms in total. The molecule has 2 aromatic carbocycles. The largest absolute Gasteiger partial charge is 0.488 e. The molecule has 1 atom stereocenters. The van der Waals surface area contributed by atoms with Gasteiger partial charge < -0.3 is 24.8 Å².